The topological polar surface area (TPSA) is 86.5 Å². The van der Waals surface area contributed by atoms with Gasteiger partial charge in [0.1, 0.15) is 0 Å². The highest BCUT2D eigenvalue weighted by Gasteiger charge is 2.25. The fraction of sp³-hybridized carbons (Fsp3) is 0.300. The lowest BCUT2D eigenvalue weighted by molar-refractivity contribution is -0.385. The number of hydrogen-bond acceptors (Lipinski definition) is 5. The highest BCUT2D eigenvalue weighted by atomic mass is 16.6. The Bertz CT molecular complexity index is 903. The Morgan fingerprint density at radius 2 is 1.88 bits per heavy atom. The zero-order chi connectivity index (χ0) is 18.8. The number of aryl methyl sites for hydroxylation is 2. The highest BCUT2D eigenvalue weighted by molar-refractivity contribution is 6.02. The molecule has 1 atom stereocenters. The van der Waals surface area contributed by atoms with Crippen LogP contribution in [-0.4, -0.2) is 22.8 Å². The molecule has 0 bridgehead atoms. The average molecular weight is 353 g/mol. The molecule has 0 spiro atoms. The van der Waals surface area contributed by atoms with Crippen LogP contribution < -0.4 is 0 Å². The summed E-state index contributed by atoms with van der Waals surface area (Å²) >= 11 is 0. The number of rotatable bonds is 5. The second-order valence-electron chi connectivity index (χ2n) is 6.46. The van der Waals surface area contributed by atoms with E-state index in [0.717, 1.165) is 19.3 Å². The summed E-state index contributed by atoms with van der Waals surface area (Å²) in [5.74, 6) is -1.02. The van der Waals surface area contributed by atoms with E-state index in [1.165, 1.54) is 43.2 Å². The zero-order valence-corrected chi connectivity index (χ0v) is 14.7. The first-order valence-corrected chi connectivity index (χ1v) is 8.49. The molecule has 6 heteroatoms. The summed E-state index contributed by atoms with van der Waals surface area (Å²) in [6.07, 6.45) is 2.10. The maximum atomic E-state index is 12.6. The van der Waals surface area contributed by atoms with E-state index in [1.54, 1.807) is 6.07 Å². The summed E-state index contributed by atoms with van der Waals surface area (Å²) < 4.78 is 5.28. The van der Waals surface area contributed by atoms with Crippen molar-refractivity contribution in [1.29, 1.82) is 0 Å². The van der Waals surface area contributed by atoms with Crippen LogP contribution in [0.5, 0.6) is 0 Å². The van der Waals surface area contributed by atoms with Gasteiger partial charge in [-0.3, -0.25) is 14.9 Å². The number of carbonyl (C=O) groups excluding carboxylic acids is 2. The number of nitro groups is 1. The van der Waals surface area contributed by atoms with E-state index in [1.807, 2.05) is 12.1 Å². The SMILES string of the molecule is Cc1c(C(=O)OC(C)C(=O)c2ccc3c(c2)CCC3)cccc1[N+](=O)[O-]. The van der Waals surface area contributed by atoms with Gasteiger partial charge in [0.25, 0.3) is 5.69 Å². The van der Waals surface area contributed by atoms with Crippen molar-refractivity contribution in [3.63, 3.8) is 0 Å². The lowest BCUT2D eigenvalue weighted by atomic mass is 10.0. The third kappa shape index (κ3) is 3.35. The van der Waals surface area contributed by atoms with Crippen molar-refractivity contribution in [3.05, 3.63) is 74.3 Å². The minimum Gasteiger partial charge on any atom is -0.451 e. The maximum Gasteiger partial charge on any atom is 0.339 e. The number of nitrogens with zero attached hydrogens (tertiary/aromatic N) is 1. The van der Waals surface area contributed by atoms with Gasteiger partial charge in [-0.1, -0.05) is 18.2 Å². The maximum absolute atomic E-state index is 12.6. The van der Waals surface area contributed by atoms with E-state index in [0.29, 0.717) is 5.56 Å². The summed E-state index contributed by atoms with van der Waals surface area (Å²) in [5.41, 5.74) is 3.11. The molecule has 0 aliphatic heterocycles. The molecule has 3 rings (SSSR count). The van der Waals surface area contributed by atoms with Gasteiger partial charge in [-0.15, -0.1) is 0 Å². The Kier molecular flexibility index (Phi) is 4.84. The van der Waals surface area contributed by atoms with E-state index in [4.69, 9.17) is 4.74 Å². The first-order chi connectivity index (χ1) is 12.4. The molecule has 0 fully saturated rings. The van der Waals surface area contributed by atoms with Gasteiger partial charge in [-0.25, -0.2) is 4.79 Å². The van der Waals surface area contributed by atoms with Crippen molar-refractivity contribution >= 4 is 17.4 Å². The van der Waals surface area contributed by atoms with E-state index >= 15 is 0 Å². The summed E-state index contributed by atoms with van der Waals surface area (Å²) in [5, 5.41) is 11.0. The Hall–Kier alpha value is -3.02. The van der Waals surface area contributed by atoms with Gasteiger partial charge in [-0.05, 0) is 56.4 Å². The molecule has 2 aromatic carbocycles. The van der Waals surface area contributed by atoms with Crippen LogP contribution in [0.2, 0.25) is 0 Å². The van der Waals surface area contributed by atoms with Gasteiger partial charge in [0.05, 0.1) is 10.5 Å². The van der Waals surface area contributed by atoms with Crippen LogP contribution in [0.3, 0.4) is 0 Å². The third-order valence-corrected chi connectivity index (χ3v) is 4.76. The molecule has 2 aromatic rings. The number of esters is 1. The Labute approximate surface area is 150 Å². The van der Waals surface area contributed by atoms with Crippen molar-refractivity contribution in [2.24, 2.45) is 0 Å². The van der Waals surface area contributed by atoms with E-state index in [2.05, 4.69) is 0 Å². The molecular weight excluding hydrogens is 334 g/mol. The normalized spacial score (nSPS) is 13.8. The van der Waals surface area contributed by atoms with Gasteiger partial charge in [0, 0.05) is 17.2 Å². The number of hydrogen-bond donors (Lipinski definition) is 0. The van der Waals surface area contributed by atoms with Crippen molar-refractivity contribution in [3.8, 4) is 0 Å². The van der Waals surface area contributed by atoms with Crippen LogP contribution in [0.25, 0.3) is 0 Å². The second kappa shape index (κ2) is 7.07. The number of nitro benzene ring substituents is 1. The lowest BCUT2D eigenvalue weighted by Crippen LogP contribution is -2.25. The Balaban J connectivity index is 1.76. The van der Waals surface area contributed by atoms with Crippen LogP contribution >= 0.6 is 0 Å². The summed E-state index contributed by atoms with van der Waals surface area (Å²) in [4.78, 5) is 35.4. The van der Waals surface area contributed by atoms with Gasteiger partial charge in [0.2, 0.25) is 5.78 Å². The molecule has 0 heterocycles. The van der Waals surface area contributed by atoms with Crippen molar-refractivity contribution in [1.82, 2.24) is 0 Å². The molecule has 0 N–H and O–H groups in total. The number of ether oxygens (including phenoxy) is 1. The molecule has 0 radical (unpaired) electrons. The third-order valence-electron chi connectivity index (χ3n) is 4.76. The second-order valence-corrected chi connectivity index (χ2v) is 6.46. The zero-order valence-electron chi connectivity index (χ0n) is 14.7. The number of carbonyl (C=O) groups is 2. The van der Waals surface area contributed by atoms with Crippen molar-refractivity contribution in [2.45, 2.75) is 39.2 Å². The molecule has 0 saturated heterocycles. The number of Topliss-reactive ketones (excluding diaryl/α,β-unsaturated/α-hetero) is 1. The summed E-state index contributed by atoms with van der Waals surface area (Å²) in [6, 6.07) is 9.79. The van der Waals surface area contributed by atoms with E-state index < -0.39 is 17.0 Å². The Morgan fingerprint density at radius 1 is 1.15 bits per heavy atom. The van der Waals surface area contributed by atoms with Crippen LogP contribution in [0.15, 0.2) is 36.4 Å². The van der Waals surface area contributed by atoms with Gasteiger partial charge >= 0.3 is 5.97 Å². The smallest absolute Gasteiger partial charge is 0.339 e. The molecule has 6 nitrogen and oxygen atoms in total. The quantitative estimate of drug-likeness (QED) is 0.353. The first kappa shape index (κ1) is 17.8. The van der Waals surface area contributed by atoms with E-state index in [9.17, 15) is 19.7 Å². The fourth-order valence-electron chi connectivity index (χ4n) is 3.28. The van der Waals surface area contributed by atoms with Crippen LogP contribution in [0, 0.1) is 17.0 Å². The molecule has 1 aliphatic carbocycles. The molecule has 134 valence electrons. The predicted molar refractivity (Wildman–Crippen MR) is 95.5 cm³/mol. The number of benzene rings is 2. The van der Waals surface area contributed by atoms with Crippen molar-refractivity contribution < 1.29 is 19.2 Å². The Morgan fingerprint density at radius 3 is 2.62 bits per heavy atom. The van der Waals surface area contributed by atoms with Crippen molar-refractivity contribution in [2.75, 3.05) is 0 Å². The molecule has 26 heavy (non-hydrogen) atoms. The monoisotopic (exact) mass is 353 g/mol. The highest BCUT2D eigenvalue weighted by Crippen LogP contribution is 2.25. The van der Waals surface area contributed by atoms with Crippen LogP contribution in [0.1, 0.15) is 50.8 Å². The molecule has 1 unspecified atom stereocenters. The standard InChI is InChI=1S/C20H19NO5/c1-12-17(7-4-8-18(12)21(24)25)20(23)26-13(2)19(22)16-10-9-14-5-3-6-15(14)11-16/h4,7-11,13H,3,5-6H2,1-2H3. The molecule has 1 aliphatic rings. The van der Waals surface area contributed by atoms with Crippen LogP contribution in [-0.2, 0) is 17.6 Å². The average Bonchev–Trinajstić information content (AvgIpc) is 3.08. The van der Waals surface area contributed by atoms with E-state index in [-0.39, 0.29) is 22.6 Å². The molecule has 0 amide bonds. The van der Waals surface area contributed by atoms with Gasteiger partial charge in [-0.2, -0.15) is 0 Å². The minimum absolute atomic E-state index is 0.0906. The minimum atomic E-state index is -0.972. The summed E-state index contributed by atoms with van der Waals surface area (Å²) in [7, 11) is 0. The number of fused-ring (bicyclic) bond motifs is 1. The van der Waals surface area contributed by atoms with Crippen LogP contribution in [0.4, 0.5) is 5.69 Å². The molecular formula is C20H19NO5. The largest absolute Gasteiger partial charge is 0.451 e. The summed E-state index contributed by atoms with van der Waals surface area (Å²) in [6.45, 7) is 3.00. The molecule has 0 aromatic heterocycles. The van der Waals surface area contributed by atoms with Gasteiger partial charge in [0.15, 0.2) is 6.10 Å². The predicted octanol–water partition coefficient (Wildman–Crippen LogP) is 3.82. The van der Waals surface area contributed by atoms with Gasteiger partial charge < -0.3 is 4.74 Å². The number of ketones is 1. The fourth-order valence-corrected chi connectivity index (χ4v) is 3.28. The first-order valence-electron chi connectivity index (χ1n) is 8.49. The lowest BCUT2D eigenvalue weighted by Gasteiger charge is -2.14. The molecule has 0 saturated carbocycles.